The number of H-pyrrole nitrogens is 1. The van der Waals surface area contributed by atoms with Gasteiger partial charge in [-0.05, 0) is 37.1 Å². The van der Waals surface area contributed by atoms with Crippen LogP contribution in [0.2, 0.25) is 0 Å². The summed E-state index contributed by atoms with van der Waals surface area (Å²) in [6.07, 6.45) is 0.906. The van der Waals surface area contributed by atoms with Crippen molar-refractivity contribution in [2.45, 2.75) is 26.3 Å². The molecule has 2 rings (SSSR count). The van der Waals surface area contributed by atoms with Crippen molar-refractivity contribution >= 4 is 5.91 Å². The molecule has 1 heterocycles. The van der Waals surface area contributed by atoms with Crippen LogP contribution in [0.5, 0.6) is 11.5 Å². The first-order valence-corrected chi connectivity index (χ1v) is 7.72. The van der Waals surface area contributed by atoms with Gasteiger partial charge in [-0.25, -0.2) is 5.10 Å². The maximum Gasteiger partial charge on any atom is 0.272 e. The van der Waals surface area contributed by atoms with Crippen LogP contribution in [0.15, 0.2) is 35.1 Å². The topological polar surface area (TPSA) is 93.3 Å². The predicted octanol–water partition coefficient (Wildman–Crippen LogP) is 2.06. The summed E-state index contributed by atoms with van der Waals surface area (Å²) >= 11 is 0. The minimum atomic E-state index is -0.371. The van der Waals surface area contributed by atoms with Crippen LogP contribution in [0.3, 0.4) is 0 Å². The molecular formula is C17H21N3O4. The summed E-state index contributed by atoms with van der Waals surface area (Å²) in [5.74, 6) is 0.914. The highest BCUT2D eigenvalue weighted by Gasteiger charge is 2.15. The molecule has 0 aliphatic heterocycles. The number of hydrogen-bond donors (Lipinski definition) is 2. The van der Waals surface area contributed by atoms with E-state index >= 15 is 0 Å². The molecule has 1 aromatic carbocycles. The molecule has 2 aromatic rings. The van der Waals surface area contributed by atoms with Gasteiger partial charge in [-0.15, -0.1) is 0 Å². The first kappa shape index (κ1) is 17.5. The third-order valence-corrected chi connectivity index (χ3v) is 3.41. The number of benzene rings is 1. The molecule has 0 unspecified atom stereocenters. The Morgan fingerprint density at radius 3 is 2.71 bits per heavy atom. The lowest BCUT2D eigenvalue weighted by Crippen LogP contribution is -2.28. The highest BCUT2D eigenvalue weighted by molar-refractivity contribution is 5.92. The van der Waals surface area contributed by atoms with Crippen LogP contribution in [-0.2, 0) is 0 Å². The normalized spacial score (nSPS) is 11.6. The smallest absolute Gasteiger partial charge is 0.272 e. The number of nitrogens with zero attached hydrogens (tertiary/aromatic N) is 1. The Morgan fingerprint density at radius 1 is 1.29 bits per heavy atom. The number of hydrogen-bond acceptors (Lipinski definition) is 5. The Balaban J connectivity index is 2.11. The van der Waals surface area contributed by atoms with E-state index in [0.717, 1.165) is 12.0 Å². The number of carbonyl (C=O) groups is 1. The predicted molar refractivity (Wildman–Crippen MR) is 89.5 cm³/mol. The number of ether oxygens (including phenoxy) is 2. The Morgan fingerprint density at radius 2 is 2.08 bits per heavy atom. The molecule has 0 radical (unpaired) electrons. The molecule has 0 fully saturated rings. The third-order valence-electron chi connectivity index (χ3n) is 3.41. The number of aromatic nitrogens is 2. The second kappa shape index (κ2) is 8.14. The number of methoxy groups -OCH3 is 1. The van der Waals surface area contributed by atoms with Crippen molar-refractivity contribution in [1.82, 2.24) is 15.5 Å². The van der Waals surface area contributed by atoms with Crippen LogP contribution in [0, 0.1) is 0 Å². The minimum absolute atomic E-state index is 0.149. The van der Waals surface area contributed by atoms with Gasteiger partial charge in [-0.3, -0.25) is 9.59 Å². The maximum absolute atomic E-state index is 12.2. The third kappa shape index (κ3) is 4.34. The molecule has 0 spiro atoms. The fourth-order valence-corrected chi connectivity index (χ4v) is 2.11. The Labute approximate surface area is 140 Å². The average Bonchev–Trinajstić information content (AvgIpc) is 2.60. The molecule has 24 heavy (non-hydrogen) atoms. The SMILES string of the molecule is CCCOc1ccc([C@H](C)NC(=O)c2ccc(=O)[nH]n2)cc1OC. The van der Waals surface area contributed by atoms with Gasteiger partial charge in [0.1, 0.15) is 5.69 Å². The standard InChI is InChI=1S/C17H21N3O4/c1-4-9-24-14-7-5-12(10-15(14)23-3)11(2)18-17(22)13-6-8-16(21)20-19-13/h5-8,10-11H,4,9H2,1-3H3,(H,18,22)(H,20,21)/t11-/m0/s1. The van der Waals surface area contributed by atoms with Gasteiger partial charge in [0.15, 0.2) is 11.5 Å². The second-order valence-corrected chi connectivity index (χ2v) is 5.26. The quantitative estimate of drug-likeness (QED) is 0.810. The molecule has 0 aliphatic rings. The summed E-state index contributed by atoms with van der Waals surface area (Å²) in [6.45, 7) is 4.49. The number of aromatic amines is 1. The van der Waals surface area contributed by atoms with E-state index in [-0.39, 0.29) is 23.2 Å². The zero-order chi connectivity index (χ0) is 17.5. The van der Waals surface area contributed by atoms with Gasteiger partial charge in [0.2, 0.25) is 0 Å². The molecule has 0 aliphatic carbocycles. The molecule has 7 heteroatoms. The van der Waals surface area contributed by atoms with E-state index in [0.29, 0.717) is 18.1 Å². The fourth-order valence-electron chi connectivity index (χ4n) is 2.11. The first-order chi connectivity index (χ1) is 11.5. The minimum Gasteiger partial charge on any atom is -0.493 e. The van der Waals surface area contributed by atoms with Crippen LogP contribution < -0.4 is 20.3 Å². The van der Waals surface area contributed by atoms with Gasteiger partial charge in [0.25, 0.3) is 11.5 Å². The van der Waals surface area contributed by atoms with E-state index in [1.165, 1.54) is 12.1 Å². The number of carbonyl (C=O) groups excluding carboxylic acids is 1. The zero-order valence-corrected chi connectivity index (χ0v) is 14.0. The molecule has 1 amide bonds. The van der Waals surface area contributed by atoms with Crippen molar-refractivity contribution in [3.63, 3.8) is 0 Å². The summed E-state index contributed by atoms with van der Waals surface area (Å²) in [7, 11) is 1.57. The summed E-state index contributed by atoms with van der Waals surface area (Å²) in [4.78, 5) is 23.1. The summed E-state index contributed by atoms with van der Waals surface area (Å²) in [5.41, 5.74) is 0.664. The van der Waals surface area contributed by atoms with E-state index in [4.69, 9.17) is 9.47 Å². The number of amides is 1. The number of nitrogens with one attached hydrogen (secondary N) is 2. The Bertz CT molecular complexity index is 737. The van der Waals surface area contributed by atoms with Crippen molar-refractivity contribution in [3.05, 3.63) is 51.9 Å². The van der Waals surface area contributed by atoms with Crippen LogP contribution in [0.1, 0.15) is 42.4 Å². The zero-order valence-electron chi connectivity index (χ0n) is 14.0. The highest BCUT2D eigenvalue weighted by atomic mass is 16.5. The van der Waals surface area contributed by atoms with Crippen molar-refractivity contribution in [2.24, 2.45) is 0 Å². The second-order valence-electron chi connectivity index (χ2n) is 5.26. The van der Waals surface area contributed by atoms with Gasteiger partial charge in [-0.1, -0.05) is 13.0 Å². The largest absolute Gasteiger partial charge is 0.493 e. The van der Waals surface area contributed by atoms with E-state index < -0.39 is 0 Å². The molecule has 0 saturated heterocycles. The van der Waals surface area contributed by atoms with Crippen molar-refractivity contribution in [3.8, 4) is 11.5 Å². The van der Waals surface area contributed by atoms with E-state index in [9.17, 15) is 9.59 Å². The van der Waals surface area contributed by atoms with Gasteiger partial charge < -0.3 is 14.8 Å². The molecule has 128 valence electrons. The van der Waals surface area contributed by atoms with E-state index in [1.807, 2.05) is 32.0 Å². The summed E-state index contributed by atoms with van der Waals surface area (Å²) < 4.78 is 11.0. The van der Waals surface area contributed by atoms with Crippen molar-refractivity contribution in [1.29, 1.82) is 0 Å². The van der Waals surface area contributed by atoms with Gasteiger partial charge in [-0.2, -0.15) is 5.10 Å². The Hall–Kier alpha value is -2.83. The molecular weight excluding hydrogens is 310 g/mol. The molecule has 7 nitrogen and oxygen atoms in total. The maximum atomic E-state index is 12.2. The van der Waals surface area contributed by atoms with Crippen LogP contribution in [0.25, 0.3) is 0 Å². The average molecular weight is 331 g/mol. The van der Waals surface area contributed by atoms with Crippen LogP contribution in [0.4, 0.5) is 0 Å². The van der Waals surface area contributed by atoms with Crippen molar-refractivity contribution in [2.75, 3.05) is 13.7 Å². The lowest BCUT2D eigenvalue weighted by atomic mass is 10.1. The van der Waals surface area contributed by atoms with Gasteiger partial charge in [0, 0.05) is 6.07 Å². The van der Waals surface area contributed by atoms with Crippen molar-refractivity contribution < 1.29 is 14.3 Å². The molecule has 1 atom stereocenters. The summed E-state index contributed by atoms with van der Waals surface area (Å²) in [5, 5.41) is 8.77. The Kier molecular flexibility index (Phi) is 5.95. The van der Waals surface area contributed by atoms with Crippen LogP contribution >= 0.6 is 0 Å². The molecule has 2 N–H and O–H groups in total. The lowest BCUT2D eigenvalue weighted by Gasteiger charge is -2.17. The summed E-state index contributed by atoms with van der Waals surface area (Å²) in [6, 6.07) is 7.90. The highest BCUT2D eigenvalue weighted by Crippen LogP contribution is 2.30. The van der Waals surface area contributed by atoms with Gasteiger partial charge >= 0.3 is 0 Å². The van der Waals surface area contributed by atoms with Gasteiger partial charge in [0.05, 0.1) is 19.8 Å². The van der Waals surface area contributed by atoms with E-state index in [1.54, 1.807) is 7.11 Å². The fraction of sp³-hybridized carbons (Fsp3) is 0.353. The van der Waals surface area contributed by atoms with E-state index in [2.05, 4.69) is 15.5 Å². The number of rotatable bonds is 7. The lowest BCUT2D eigenvalue weighted by molar-refractivity contribution is 0.0933. The molecule has 0 bridgehead atoms. The first-order valence-electron chi connectivity index (χ1n) is 7.72. The van der Waals surface area contributed by atoms with Crippen LogP contribution in [-0.4, -0.2) is 29.8 Å². The monoisotopic (exact) mass is 331 g/mol. The molecule has 1 aromatic heterocycles. The molecule has 0 saturated carbocycles.